The monoisotopic (exact) mass is 222 g/mol. The van der Waals surface area contributed by atoms with Crippen molar-refractivity contribution in [3.05, 3.63) is 0 Å². The largest absolute Gasteiger partial charge is 0.316 e. The average molecular weight is 222 g/mol. The molecular formula is C13H22N2O. The normalized spacial score (nSPS) is 43.6. The van der Waals surface area contributed by atoms with E-state index in [1.54, 1.807) is 0 Å². The molecule has 3 nitrogen and oxygen atoms in total. The van der Waals surface area contributed by atoms with Crippen molar-refractivity contribution in [2.24, 2.45) is 11.8 Å². The van der Waals surface area contributed by atoms with Crippen LogP contribution in [0, 0.1) is 11.8 Å². The van der Waals surface area contributed by atoms with E-state index in [1.165, 1.54) is 32.2 Å². The first kappa shape index (κ1) is 10.7. The Bertz CT molecular complexity index is 273. The van der Waals surface area contributed by atoms with Gasteiger partial charge in [0.1, 0.15) is 5.78 Å². The van der Waals surface area contributed by atoms with E-state index in [0.717, 1.165) is 25.3 Å². The van der Waals surface area contributed by atoms with Crippen molar-refractivity contribution < 1.29 is 4.79 Å². The molecule has 16 heavy (non-hydrogen) atoms. The Hall–Kier alpha value is -0.410. The maximum Gasteiger partial charge on any atom is 0.139 e. The zero-order valence-corrected chi connectivity index (χ0v) is 9.87. The Kier molecular flexibility index (Phi) is 2.99. The fourth-order valence-corrected chi connectivity index (χ4v) is 3.73. The number of hydrogen-bond donors (Lipinski definition) is 2. The van der Waals surface area contributed by atoms with Gasteiger partial charge in [-0.2, -0.15) is 0 Å². The lowest BCUT2D eigenvalue weighted by Gasteiger charge is -2.33. The number of nitrogens with one attached hydrogen (secondary N) is 2. The SMILES string of the molecule is O=C1CC2CCC(N2)C1CC1CCCNC1. The van der Waals surface area contributed by atoms with E-state index in [4.69, 9.17) is 0 Å². The third kappa shape index (κ3) is 2.03. The van der Waals surface area contributed by atoms with Crippen molar-refractivity contribution in [3.8, 4) is 0 Å². The van der Waals surface area contributed by atoms with Crippen LogP contribution < -0.4 is 10.6 Å². The second-order valence-corrected chi connectivity index (χ2v) is 5.77. The molecule has 0 aromatic heterocycles. The summed E-state index contributed by atoms with van der Waals surface area (Å²) in [6, 6.07) is 1.02. The molecule has 0 aliphatic carbocycles. The molecular weight excluding hydrogens is 200 g/mol. The van der Waals surface area contributed by atoms with Gasteiger partial charge in [-0.05, 0) is 51.1 Å². The maximum atomic E-state index is 12.1. The quantitative estimate of drug-likeness (QED) is 0.735. The van der Waals surface area contributed by atoms with Crippen LogP contribution in [0.1, 0.15) is 38.5 Å². The van der Waals surface area contributed by atoms with Crippen molar-refractivity contribution in [2.75, 3.05) is 13.1 Å². The van der Waals surface area contributed by atoms with E-state index in [-0.39, 0.29) is 0 Å². The minimum Gasteiger partial charge on any atom is -0.316 e. The van der Waals surface area contributed by atoms with E-state index in [0.29, 0.717) is 23.8 Å². The van der Waals surface area contributed by atoms with Crippen LogP contribution in [0.3, 0.4) is 0 Å². The Balaban J connectivity index is 1.62. The molecule has 3 heterocycles. The van der Waals surface area contributed by atoms with Crippen LogP contribution >= 0.6 is 0 Å². The topological polar surface area (TPSA) is 41.1 Å². The highest BCUT2D eigenvalue weighted by Crippen LogP contribution is 2.33. The predicted molar refractivity (Wildman–Crippen MR) is 63.3 cm³/mol. The highest BCUT2D eigenvalue weighted by atomic mass is 16.1. The summed E-state index contributed by atoms with van der Waals surface area (Å²) in [7, 11) is 0. The number of carbonyl (C=O) groups excluding carboxylic acids is 1. The van der Waals surface area contributed by atoms with Gasteiger partial charge in [-0.15, -0.1) is 0 Å². The van der Waals surface area contributed by atoms with E-state index < -0.39 is 0 Å². The van der Waals surface area contributed by atoms with Crippen molar-refractivity contribution >= 4 is 5.78 Å². The Morgan fingerprint density at radius 3 is 3.00 bits per heavy atom. The average Bonchev–Trinajstić information content (AvgIpc) is 2.70. The summed E-state index contributed by atoms with van der Waals surface area (Å²) >= 11 is 0. The number of fused-ring (bicyclic) bond motifs is 2. The van der Waals surface area contributed by atoms with Crippen LogP contribution in [-0.4, -0.2) is 31.0 Å². The lowest BCUT2D eigenvalue weighted by atomic mass is 9.81. The van der Waals surface area contributed by atoms with Gasteiger partial charge < -0.3 is 10.6 Å². The number of carbonyl (C=O) groups is 1. The summed E-state index contributed by atoms with van der Waals surface area (Å²) in [5.74, 6) is 1.60. The molecule has 3 saturated heterocycles. The lowest BCUT2D eigenvalue weighted by molar-refractivity contribution is -0.126. The molecule has 3 heteroatoms. The van der Waals surface area contributed by atoms with E-state index in [9.17, 15) is 4.79 Å². The zero-order valence-electron chi connectivity index (χ0n) is 9.87. The molecule has 2 N–H and O–H groups in total. The summed E-state index contributed by atoms with van der Waals surface area (Å²) in [4.78, 5) is 12.1. The standard InChI is InChI=1S/C13H22N2O/c16-13-7-10-3-4-12(15-10)11(13)6-9-2-1-5-14-8-9/h9-12,14-15H,1-8H2. The van der Waals surface area contributed by atoms with Gasteiger partial charge in [0.2, 0.25) is 0 Å². The molecule has 3 fully saturated rings. The molecule has 4 unspecified atom stereocenters. The molecule has 0 aromatic rings. The number of hydrogen-bond acceptors (Lipinski definition) is 3. The van der Waals surface area contributed by atoms with Crippen molar-refractivity contribution in [3.63, 3.8) is 0 Å². The number of rotatable bonds is 2. The number of Topliss-reactive ketones (excluding diaryl/α,β-unsaturated/α-hetero) is 1. The molecule has 3 rings (SSSR count). The summed E-state index contributed by atoms with van der Waals surface area (Å²) in [6.07, 6.45) is 6.95. The highest BCUT2D eigenvalue weighted by Gasteiger charge is 2.41. The third-order valence-corrected chi connectivity index (χ3v) is 4.61. The molecule has 4 atom stereocenters. The summed E-state index contributed by atoms with van der Waals surface area (Å²) in [5.41, 5.74) is 0. The van der Waals surface area contributed by atoms with Gasteiger partial charge in [-0.1, -0.05) is 0 Å². The van der Waals surface area contributed by atoms with Gasteiger partial charge in [0.25, 0.3) is 0 Å². The number of ketones is 1. The third-order valence-electron chi connectivity index (χ3n) is 4.61. The van der Waals surface area contributed by atoms with Gasteiger partial charge in [-0.3, -0.25) is 4.79 Å². The van der Waals surface area contributed by atoms with Gasteiger partial charge in [0.15, 0.2) is 0 Å². The molecule has 0 aromatic carbocycles. The lowest BCUT2D eigenvalue weighted by Crippen LogP contribution is -2.47. The van der Waals surface area contributed by atoms with Crippen LogP contribution in [0.4, 0.5) is 0 Å². The van der Waals surface area contributed by atoms with Crippen LogP contribution in [0.15, 0.2) is 0 Å². The van der Waals surface area contributed by atoms with Gasteiger partial charge in [-0.25, -0.2) is 0 Å². The molecule has 3 aliphatic heterocycles. The number of piperidine rings is 2. The molecule has 2 bridgehead atoms. The van der Waals surface area contributed by atoms with Crippen LogP contribution in [0.2, 0.25) is 0 Å². The first-order valence-corrected chi connectivity index (χ1v) is 6.82. The van der Waals surface area contributed by atoms with Crippen molar-refractivity contribution in [2.45, 2.75) is 50.6 Å². The molecule has 0 amide bonds. The molecule has 3 aliphatic rings. The zero-order chi connectivity index (χ0) is 11.0. The van der Waals surface area contributed by atoms with Crippen LogP contribution in [0.5, 0.6) is 0 Å². The molecule has 0 radical (unpaired) electrons. The van der Waals surface area contributed by atoms with Crippen molar-refractivity contribution in [1.82, 2.24) is 10.6 Å². The smallest absolute Gasteiger partial charge is 0.139 e. The minimum atomic E-state index is 0.323. The van der Waals surface area contributed by atoms with Gasteiger partial charge in [0, 0.05) is 24.4 Å². The minimum absolute atomic E-state index is 0.323. The fourth-order valence-electron chi connectivity index (χ4n) is 3.73. The maximum absolute atomic E-state index is 12.1. The highest BCUT2D eigenvalue weighted by molar-refractivity contribution is 5.83. The predicted octanol–water partition coefficient (Wildman–Crippen LogP) is 1.09. The van der Waals surface area contributed by atoms with Crippen LogP contribution in [0.25, 0.3) is 0 Å². The Morgan fingerprint density at radius 1 is 1.25 bits per heavy atom. The van der Waals surface area contributed by atoms with Crippen molar-refractivity contribution in [1.29, 1.82) is 0 Å². The molecule has 0 saturated carbocycles. The molecule has 90 valence electrons. The fraction of sp³-hybridized carbons (Fsp3) is 0.923. The first-order valence-electron chi connectivity index (χ1n) is 6.82. The Labute approximate surface area is 97.4 Å². The van der Waals surface area contributed by atoms with E-state index in [1.807, 2.05) is 0 Å². The first-order chi connectivity index (χ1) is 7.83. The summed E-state index contributed by atoms with van der Waals surface area (Å²) in [6.45, 7) is 2.29. The van der Waals surface area contributed by atoms with E-state index in [2.05, 4.69) is 10.6 Å². The van der Waals surface area contributed by atoms with E-state index >= 15 is 0 Å². The van der Waals surface area contributed by atoms with Crippen LogP contribution in [-0.2, 0) is 4.79 Å². The second-order valence-electron chi connectivity index (χ2n) is 5.77. The second kappa shape index (κ2) is 4.46. The van der Waals surface area contributed by atoms with Gasteiger partial charge in [0.05, 0.1) is 0 Å². The molecule has 0 spiro atoms. The summed E-state index contributed by atoms with van der Waals surface area (Å²) in [5, 5.41) is 7.07. The summed E-state index contributed by atoms with van der Waals surface area (Å²) < 4.78 is 0. The van der Waals surface area contributed by atoms with Gasteiger partial charge >= 0.3 is 0 Å². The Morgan fingerprint density at radius 2 is 2.19 bits per heavy atom.